The molecule has 3 aromatic heterocycles. The lowest BCUT2D eigenvalue weighted by Crippen LogP contribution is -2.35. The molecule has 4 N–H and O–H groups in total. The lowest BCUT2D eigenvalue weighted by Gasteiger charge is -2.29. The van der Waals surface area contributed by atoms with Crippen LogP contribution in [0.15, 0.2) is 46.3 Å². The van der Waals surface area contributed by atoms with Crippen molar-refractivity contribution in [3.8, 4) is 5.88 Å². The molecule has 1 saturated carbocycles. The first-order chi connectivity index (χ1) is 16.0. The van der Waals surface area contributed by atoms with Gasteiger partial charge in [0.15, 0.2) is 5.65 Å². The summed E-state index contributed by atoms with van der Waals surface area (Å²) >= 11 is 0. The number of hydrogen-bond donors (Lipinski definition) is 4. The van der Waals surface area contributed by atoms with E-state index < -0.39 is 5.69 Å². The number of aromatic nitrogens is 6. The summed E-state index contributed by atoms with van der Waals surface area (Å²) in [6, 6.07) is 10.0. The number of aromatic amines is 2. The molecular formula is C22H24N8O3. The Morgan fingerprint density at radius 2 is 2.06 bits per heavy atom. The van der Waals surface area contributed by atoms with Gasteiger partial charge in [-0.3, -0.25) is 4.98 Å². The van der Waals surface area contributed by atoms with E-state index in [2.05, 4.69) is 15.1 Å². The van der Waals surface area contributed by atoms with Crippen LogP contribution in [0.4, 0.5) is 5.95 Å². The summed E-state index contributed by atoms with van der Waals surface area (Å²) in [5.74, 6) is 0.144. The van der Waals surface area contributed by atoms with E-state index in [4.69, 9.17) is 15.0 Å². The fourth-order valence-electron chi connectivity index (χ4n) is 3.68. The zero-order valence-electron chi connectivity index (χ0n) is 18.0. The number of anilines is 1. The molecule has 0 spiro atoms. The van der Waals surface area contributed by atoms with Crippen LogP contribution >= 0.6 is 0 Å². The molecule has 4 aromatic rings. The summed E-state index contributed by atoms with van der Waals surface area (Å²) in [6.07, 6.45) is 5.17. The molecule has 1 atom stereocenters. The van der Waals surface area contributed by atoms with E-state index in [0.717, 1.165) is 18.4 Å². The summed E-state index contributed by atoms with van der Waals surface area (Å²) < 4.78 is 1.56. The zero-order chi connectivity index (χ0) is 22.9. The summed E-state index contributed by atoms with van der Waals surface area (Å²) in [4.78, 5) is 32.4. The van der Waals surface area contributed by atoms with E-state index in [-0.39, 0.29) is 30.3 Å². The minimum absolute atomic E-state index is 0.0719. The smallest absolute Gasteiger partial charge is 0.326 e. The molecule has 11 heteroatoms. The van der Waals surface area contributed by atoms with Crippen molar-refractivity contribution in [2.24, 2.45) is 4.99 Å². The van der Waals surface area contributed by atoms with E-state index >= 15 is 0 Å². The minimum atomic E-state index is -0.513. The molecule has 33 heavy (non-hydrogen) atoms. The SMILES string of the molecule is C[C@H](c1ccccc1)N(CCO)c1nc(=NC2CC2)n2ncc(=Cc3[nH]c(=O)[nH]c3O)c2n1. The number of aliphatic hydroxyl groups excluding tert-OH is 1. The second kappa shape index (κ2) is 8.51. The Bertz CT molecular complexity index is 1450. The van der Waals surface area contributed by atoms with Gasteiger partial charge in [0.2, 0.25) is 11.8 Å². The van der Waals surface area contributed by atoms with Crippen LogP contribution in [0.2, 0.25) is 0 Å². The average Bonchev–Trinajstić information content (AvgIpc) is 3.45. The van der Waals surface area contributed by atoms with Gasteiger partial charge in [-0.25, -0.2) is 9.79 Å². The Labute approximate surface area is 187 Å². The van der Waals surface area contributed by atoms with Gasteiger partial charge in [0.05, 0.1) is 24.9 Å². The lowest BCUT2D eigenvalue weighted by atomic mass is 10.1. The number of nitrogens with zero attached hydrogens (tertiary/aromatic N) is 6. The van der Waals surface area contributed by atoms with Gasteiger partial charge in [-0.15, -0.1) is 0 Å². The van der Waals surface area contributed by atoms with Gasteiger partial charge < -0.3 is 20.1 Å². The van der Waals surface area contributed by atoms with Crippen molar-refractivity contribution >= 4 is 17.7 Å². The van der Waals surface area contributed by atoms with E-state index in [0.29, 0.717) is 29.0 Å². The van der Waals surface area contributed by atoms with E-state index in [9.17, 15) is 15.0 Å². The summed E-state index contributed by atoms with van der Waals surface area (Å²) in [5.41, 5.74) is 1.67. The van der Waals surface area contributed by atoms with Crippen LogP contribution < -0.4 is 21.4 Å². The predicted octanol–water partition coefficient (Wildman–Crippen LogP) is 0.0170. The number of aromatic hydroxyl groups is 1. The van der Waals surface area contributed by atoms with E-state index in [1.54, 1.807) is 16.8 Å². The second-order valence-electron chi connectivity index (χ2n) is 8.01. The van der Waals surface area contributed by atoms with Gasteiger partial charge in [-0.2, -0.15) is 19.6 Å². The molecule has 0 saturated heterocycles. The highest BCUT2D eigenvalue weighted by Gasteiger charge is 2.23. The maximum atomic E-state index is 11.5. The molecule has 1 aromatic carbocycles. The highest BCUT2D eigenvalue weighted by molar-refractivity contribution is 5.57. The molecule has 0 bridgehead atoms. The Hall–Kier alpha value is -3.99. The number of hydrogen-bond acceptors (Lipinski definition) is 8. The van der Waals surface area contributed by atoms with Gasteiger partial charge in [0.1, 0.15) is 5.69 Å². The fourth-order valence-corrected chi connectivity index (χ4v) is 3.68. The maximum absolute atomic E-state index is 11.5. The van der Waals surface area contributed by atoms with Crippen LogP contribution in [0.1, 0.15) is 37.1 Å². The van der Waals surface area contributed by atoms with Crippen molar-refractivity contribution in [3.63, 3.8) is 0 Å². The zero-order valence-corrected chi connectivity index (χ0v) is 18.0. The van der Waals surface area contributed by atoms with Crippen molar-refractivity contribution < 1.29 is 10.2 Å². The third-order valence-corrected chi connectivity index (χ3v) is 5.59. The molecule has 0 aliphatic heterocycles. The number of H-pyrrole nitrogens is 2. The molecular weight excluding hydrogens is 424 g/mol. The van der Waals surface area contributed by atoms with Gasteiger partial charge in [-0.1, -0.05) is 30.3 Å². The van der Waals surface area contributed by atoms with Crippen LogP contribution in [0, 0.1) is 0 Å². The number of benzene rings is 1. The van der Waals surface area contributed by atoms with Crippen LogP contribution in [-0.2, 0) is 0 Å². The van der Waals surface area contributed by atoms with Gasteiger partial charge in [0, 0.05) is 11.8 Å². The topological polar surface area (TPSA) is 148 Å². The highest BCUT2D eigenvalue weighted by Crippen LogP contribution is 2.24. The van der Waals surface area contributed by atoms with Crippen molar-refractivity contribution in [2.75, 3.05) is 18.1 Å². The van der Waals surface area contributed by atoms with Crippen molar-refractivity contribution in [2.45, 2.75) is 31.8 Å². The second-order valence-corrected chi connectivity index (χ2v) is 8.01. The monoisotopic (exact) mass is 448 g/mol. The van der Waals surface area contributed by atoms with E-state index in [1.807, 2.05) is 42.2 Å². The first kappa shape index (κ1) is 20.9. The molecule has 11 nitrogen and oxygen atoms in total. The van der Waals surface area contributed by atoms with Gasteiger partial charge in [-0.05, 0) is 31.4 Å². The van der Waals surface area contributed by atoms with Crippen molar-refractivity contribution in [3.05, 3.63) is 69.1 Å². The lowest BCUT2D eigenvalue weighted by molar-refractivity contribution is 0.297. The summed E-state index contributed by atoms with van der Waals surface area (Å²) in [5, 5.41) is 24.7. The summed E-state index contributed by atoms with van der Waals surface area (Å²) in [6.45, 7) is 2.29. The number of fused-ring (bicyclic) bond motifs is 1. The normalized spacial score (nSPS) is 15.9. The Morgan fingerprint density at radius 1 is 1.27 bits per heavy atom. The minimum Gasteiger partial charge on any atom is -0.493 e. The fraction of sp³-hybridized carbons (Fsp3) is 0.318. The Kier molecular flexibility index (Phi) is 5.38. The average molecular weight is 448 g/mol. The Morgan fingerprint density at radius 3 is 2.73 bits per heavy atom. The highest BCUT2D eigenvalue weighted by atomic mass is 16.3. The maximum Gasteiger partial charge on any atom is 0.326 e. The largest absolute Gasteiger partial charge is 0.493 e. The third-order valence-electron chi connectivity index (χ3n) is 5.59. The van der Waals surface area contributed by atoms with Gasteiger partial charge in [0.25, 0.3) is 5.62 Å². The first-order valence-electron chi connectivity index (χ1n) is 10.8. The predicted molar refractivity (Wildman–Crippen MR) is 121 cm³/mol. The molecule has 170 valence electrons. The molecule has 1 aliphatic rings. The van der Waals surface area contributed by atoms with Crippen molar-refractivity contribution in [1.29, 1.82) is 0 Å². The molecule has 1 aliphatic carbocycles. The van der Waals surface area contributed by atoms with Crippen LogP contribution in [-0.4, -0.2) is 59.0 Å². The van der Waals surface area contributed by atoms with Crippen molar-refractivity contribution in [1.82, 2.24) is 29.5 Å². The molecule has 0 radical (unpaired) electrons. The third kappa shape index (κ3) is 4.22. The first-order valence-corrected chi connectivity index (χ1v) is 10.8. The quantitative estimate of drug-likeness (QED) is 0.311. The standard InChI is InChI=1S/C22H24N8O3/c1-13(14-5-3-2-4-6-14)29(9-10-31)20-26-18-15(11-17-19(32)27-22(33)25-17)12-23-30(18)21(28-20)24-16-7-8-16/h2-6,11-13,16,31-32H,7-10H2,1H3,(H2,25,27,33)/t13-/m1/s1. The van der Waals surface area contributed by atoms with Crippen LogP contribution in [0.5, 0.6) is 5.88 Å². The van der Waals surface area contributed by atoms with Gasteiger partial charge >= 0.3 is 5.69 Å². The number of nitrogens with one attached hydrogen (secondary N) is 2. The molecule has 0 amide bonds. The van der Waals surface area contributed by atoms with Crippen LogP contribution in [0.3, 0.4) is 0 Å². The van der Waals surface area contributed by atoms with Crippen LogP contribution in [0.25, 0.3) is 11.7 Å². The van der Waals surface area contributed by atoms with E-state index in [1.165, 1.54) is 0 Å². The number of rotatable bonds is 7. The summed E-state index contributed by atoms with van der Waals surface area (Å²) in [7, 11) is 0. The number of aliphatic hydroxyl groups is 1. The molecule has 3 heterocycles. The molecule has 5 rings (SSSR count). The number of imidazole rings is 1. The molecule has 0 unspecified atom stereocenters. The Balaban J connectivity index is 1.70. The molecule has 1 fully saturated rings.